The van der Waals surface area contributed by atoms with Gasteiger partial charge in [-0.1, -0.05) is 0 Å². The first-order valence-electron chi connectivity index (χ1n) is 3.67. The topological polar surface area (TPSA) is 97.5 Å². The molecule has 1 atom stereocenters. The number of carbonyl (C=O) groups is 2. The van der Waals surface area contributed by atoms with Gasteiger partial charge in [0.05, 0.1) is 0 Å². The van der Waals surface area contributed by atoms with Crippen LogP contribution < -0.4 is 5.73 Å². The van der Waals surface area contributed by atoms with Crippen molar-refractivity contribution in [1.29, 1.82) is 0 Å². The Morgan fingerprint density at radius 1 is 1.54 bits per heavy atom. The van der Waals surface area contributed by atoms with Crippen molar-refractivity contribution >= 4 is 19.7 Å². The van der Waals surface area contributed by atoms with E-state index in [4.69, 9.17) is 10.8 Å². The van der Waals surface area contributed by atoms with E-state index in [0.717, 1.165) is 0 Å². The molecule has 0 aromatic heterocycles. The molecule has 0 heterocycles. The Labute approximate surface area is 76.4 Å². The summed E-state index contributed by atoms with van der Waals surface area (Å²) in [4.78, 5) is 20.9. The van der Waals surface area contributed by atoms with Gasteiger partial charge in [0.15, 0.2) is 0 Å². The van der Waals surface area contributed by atoms with E-state index >= 15 is 0 Å². The Bertz CT molecular complexity index is 295. The van der Waals surface area contributed by atoms with E-state index in [2.05, 4.69) is 0 Å². The van der Waals surface area contributed by atoms with Crippen LogP contribution in [0.3, 0.4) is 0 Å². The van der Waals surface area contributed by atoms with E-state index in [1.807, 2.05) is 5.63 Å². The predicted octanol–water partition coefficient (Wildman–Crippen LogP) is 0.389. The molecule has 3 N–H and O–H groups in total. The SMILES string of the molecule is N[C@H](CCCC(=O)C#P=O)C(=O)O. The van der Waals surface area contributed by atoms with E-state index < -0.39 is 19.9 Å². The minimum atomic E-state index is -1.08. The molecule has 13 heavy (non-hydrogen) atoms. The van der Waals surface area contributed by atoms with Crippen molar-refractivity contribution in [3.05, 3.63) is 0 Å². The third kappa shape index (κ3) is 6.29. The summed E-state index contributed by atoms with van der Waals surface area (Å²) in [5, 5.41) is 8.37. The minimum absolute atomic E-state index is 0.135. The average Bonchev–Trinajstić information content (AvgIpc) is 2.04. The second kappa shape index (κ2) is 6.61. The molecule has 0 bridgehead atoms. The summed E-state index contributed by atoms with van der Waals surface area (Å²) < 4.78 is 9.87. The van der Waals surface area contributed by atoms with Gasteiger partial charge in [-0.2, -0.15) is 0 Å². The van der Waals surface area contributed by atoms with Crippen LogP contribution in [0.15, 0.2) is 0 Å². The van der Waals surface area contributed by atoms with Crippen LogP contribution in [-0.2, 0) is 14.2 Å². The van der Waals surface area contributed by atoms with Gasteiger partial charge in [0.2, 0.25) is 0 Å². The Morgan fingerprint density at radius 2 is 2.15 bits per heavy atom. The number of rotatable bonds is 5. The van der Waals surface area contributed by atoms with Crippen LogP contribution in [0.2, 0.25) is 0 Å². The van der Waals surface area contributed by atoms with Gasteiger partial charge in [-0.3, -0.25) is 0 Å². The van der Waals surface area contributed by atoms with Crippen molar-refractivity contribution in [2.75, 3.05) is 0 Å². The standard InChI is InChI=1S/C7H10NO4P/c8-6(7(10)11)3-1-2-5(9)4-13-12/h6H,1-3,8H2,(H,10,11)/t6-/m1/s1. The number of hydrogen-bond donors (Lipinski definition) is 2. The van der Waals surface area contributed by atoms with E-state index in [1.54, 1.807) is 0 Å². The summed E-state index contributed by atoms with van der Waals surface area (Å²) >= 11 is 0. The molecule has 0 aliphatic carbocycles. The summed E-state index contributed by atoms with van der Waals surface area (Å²) in [6.45, 7) is 0. The number of aliphatic carboxylic acids is 1. The van der Waals surface area contributed by atoms with Gasteiger partial charge >= 0.3 is 75.6 Å². The van der Waals surface area contributed by atoms with Gasteiger partial charge < -0.3 is 0 Å². The second-order valence-corrected chi connectivity index (χ2v) is 2.87. The molecule has 0 aliphatic rings. The molecular weight excluding hydrogens is 193 g/mol. The molecule has 0 radical (unpaired) electrons. The second-order valence-electron chi connectivity index (χ2n) is 2.46. The summed E-state index contributed by atoms with van der Waals surface area (Å²) in [6.07, 6.45) is 0.740. The van der Waals surface area contributed by atoms with Gasteiger partial charge in [0, 0.05) is 0 Å². The van der Waals surface area contributed by atoms with Crippen LogP contribution in [0.4, 0.5) is 0 Å². The van der Waals surface area contributed by atoms with E-state index in [9.17, 15) is 14.2 Å². The van der Waals surface area contributed by atoms with Crippen molar-refractivity contribution in [3.63, 3.8) is 0 Å². The van der Waals surface area contributed by atoms with Crippen LogP contribution >= 0.6 is 7.92 Å². The van der Waals surface area contributed by atoms with Crippen molar-refractivity contribution in [1.82, 2.24) is 0 Å². The molecule has 0 fully saturated rings. The number of ketones is 1. The van der Waals surface area contributed by atoms with Crippen LogP contribution in [0.25, 0.3) is 0 Å². The molecule has 0 spiro atoms. The maximum atomic E-state index is 10.7. The zero-order valence-corrected chi connectivity index (χ0v) is 7.79. The maximum absolute atomic E-state index is 10.7. The molecule has 0 aliphatic heterocycles. The molecule has 5 nitrogen and oxygen atoms in total. The zero-order valence-electron chi connectivity index (χ0n) is 6.90. The Hall–Kier alpha value is -0.890. The number of hydrogen-bond acceptors (Lipinski definition) is 4. The fourth-order valence-electron chi connectivity index (χ4n) is 0.713. The quantitative estimate of drug-likeness (QED) is 0.630. The number of carboxylic acids is 1. The van der Waals surface area contributed by atoms with Crippen molar-refractivity contribution in [3.8, 4) is 5.63 Å². The fraction of sp³-hybridized carbons (Fsp3) is 0.571. The molecule has 0 amide bonds. The van der Waals surface area contributed by atoms with Gasteiger partial charge in [0.25, 0.3) is 0 Å². The Kier molecular flexibility index (Phi) is 6.15. The van der Waals surface area contributed by atoms with Gasteiger partial charge in [-0.05, 0) is 0 Å². The van der Waals surface area contributed by atoms with Crippen LogP contribution in [0.5, 0.6) is 0 Å². The molecule has 0 saturated heterocycles. The normalized spacial score (nSPS) is 11.5. The molecule has 0 saturated carbocycles. The summed E-state index contributed by atoms with van der Waals surface area (Å²) in [5.74, 6) is -1.46. The molecular formula is C7H10NO4P. The van der Waals surface area contributed by atoms with E-state index in [1.165, 1.54) is 0 Å². The van der Waals surface area contributed by atoms with Gasteiger partial charge in [0.1, 0.15) is 0 Å². The van der Waals surface area contributed by atoms with Crippen LogP contribution in [0, 0.1) is 5.63 Å². The van der Waals surface area contributed by atoms with Crippen LogP contribution in [0.1, 0.15) is 19.3 Å². The van der Waals surface area contributed by atoms with E-state index in [0.29, 0.717) is 6.42 Å². The predicted molar refractivity (Wildman–Crippen MR) is 46.0 cm³/mol. The number of Topliss-reactive ketones (excluding diaryl/α,β-unsaturated/α-hetero) is 1. The average molecular weight is 203 g/mol. The molecule has 0 unspecified atom stereocenters. The Balaban J connectivity index is 3.66. The first kappa shape index (κ1) is 12.1. The molecule has 0 rings (SSSR count). The van der Waals surface area contributed by atoms with Gasteiger partial charge in [-0.25, -0.2) is 0 Å². The molecule has 72 valence electrons. The first-order chi connectivity index (χ1) is 6.07. The summed E-state index contributed by atoms with van der Waals surface area (Å²) in [5.41, 5.74) is 7.22. The first-order valence-corrected chi connectivity index (χ1v) is 4.48. The number of carbonyl (C=O) groups excluding carboxylic acids is 1. The van der Waals surface area contributed by atoms with Gasteiger partial charge in [-0.15, -0.1) is 0 Å². The Morgan fingerprint density at radius 3 is 2.62 bits per heavy atom. The summed E-state index contributed by atoms with van der Waals surface area (Å²) in [6, 6.07) is -0.933. The number of carboxylic acid groups (broad SMARTS) is 1. The van der Waals surface area contributed by atoms with E-state index in [-0.39, 0.29) is 18.6 Å². The molecule has 0 aromatic rings. The third-order valence-electron chi connectivity index (χ3n) is 1.41. The number of nitrogens with two attached hydrogens (primary N) is 1. The zero-order chi connectivity index (χ0) is 10.3. The van der Waals surface area contributed by atoms with Crippen molar-refractivity contribution < 1.29 is 19.3 Å². The monoisotopic (exact) mass is 203 g/mol. The fourth-order valence-corrected chi connectivity index (χ4v) is 0.926. The molecule has 0 aromatic carbocycles. The molecule has 6 heteroatoms. The van der Waals surface area contributed by atoms with Crippen molar-refractivity contribution in [2.24, 2.45) is 5.73 Å². The van der Waals surface area contributed by atoms with Crippen LogP contribution in [-0.4, -0.2) is 22.9 Å². The summed E-state index contributed by atoms with van der Waals surface area (Å²) in [7, 11) is -0.440. The van der Waals surface area contributed by atoms with Crippen molar-refractivity contribution in [2.45, 2.75) is 25.3 Å². The third-order valence-corrected chi connectivity index (χ3v) is 1.75.